The van der Waals surface area contributed by atoms with Gasteiger partial charge in [-0.25, -0.2) is 4.79 Å². The number of terminal acetylenes is 1. The molecular weight excluding hydrogens is 290 g/mol. The lowest BCUT2D eigenvalue weighted by atomic mass is 9.84. The fourth-order valence-electron chi connectivity index (χ4n) is 2.55. The van der Waals surface area contributed by atoms with Gasteiger partial charge in [0.2, 0.25) is 5.91 Å². The fourth-order valence-corrected chi connectivity index (χ4v) is 2.68. The van der Waals surface area contributed by atoms with E-state index < -0.39 is 11.9 Å². The topological polar surface area (TPSA) is 57.6 Å². The summed E-state index contributed by atoms with van der Waals surface area (Å²) in [5.41, 5.74) is 1.36. The first-order chi connectivity index (χ1) is 9.95. The van der Waals surface area contributed by atoms with Gasteiger partial charge in [0.15, 0.2) is 0 Å². The van der Waals surface area contributed by atoms with Gasteiger partial charge in [0.05, 0.1) is 12.1 Å². The number of aliphatic carboxylic acids is 1. The zero-order valence-electron chi connectivity index (χ0n) is 11.5. The molecule has 4 nitrogen and oxygen atoms in total. The summed E-state index contributed by atoms with van der Waals surface area (Å²) < 4.78 is 0. The summed E-state index contributed by atoms with van der Waals surface area (Å²) in [6.45, 7) is 1.69. The number of rotatable bonds is 3. The lowest BCUT2D eigenvalue weighted by Gasteiger charge is -2.32. The van der Waals surface area contributed by atoms with Crippen LogP contribution in [0.25, 0.3) is 0 Å². The number of allylic oxidation sites excluding steroid dienone is 1. The van der Waals surface area contributed by atoms with Gasteiger partial charge in [0.1, 0.15) is 0 Å². The molecule has 1 aromatic rings. The number of hydrogen-bond acceptors (Lipinski definition) is 2. The number of nitrogens with zero attached hydrogens (tertiary/aromatic N) is 1. The molecule has 1 aliphatic rings. The zero-order valence-corrected chi connectivity index (χ0v) is 12.2. The van der Waals surface area contributed by atoms with Crippen molar-refractivity contribution in [2.24, 2.45) is 0 Å². The Hall–Kier alpha value is -2.25. The van der Waals surface area contributed by atoms with Gasteiger partial charge in [0.25, 0.3) is 0 Å². The Morgan fingerprint density at radius 2 is 2.10 bits per heavy atom. The van der Waals surface area contributed by atoms with Crippen LogP contribution in [0, 0.1) is 12.3 Å². The van der Waals surface area contributed by atoms with Gasteiger partial charge >= 0.3 is 5.97 Å². The van der Waals surface area contributed by atoms with E-state index in [1.54, 1.807) is 31.2 Å². The molecule has 0 spiro atoms. The second-order valence-electron chi connectivity index (χ2n) is 4.80. The average Bonchev–Trinajstić information content (AvgIpc) is 2.43. The summed E-state index contributed by atoms with van der Waals surface area (Å²) in [5.74, 6) is 0.685. The predicted molar refractivity (Wildman–Crippen MR) is 79.7 cm³/mol. The third-order valence-corrected chi connectivity index (χ3v) is 3.83. The molecule has 5 heteroatoms. The molecule has 1 aliphatic heterocycles. The van der Waals surface area contributed by atoms with Crippen LogP contribution in [0.5, 0.6) is 0 Å². The van der Waals surface area contributed by atoms with Crippen molar-refractivity contribution in [2.45, 2.75) is 19.3 Å². The number of carbonyl (C=O) groups is 2. The van der Waals surface area contributed by atoms with Crippen molar-refractivity contribution in [2.75, 3.05) is 6.54 Å². The first kappa shape index (κ1) is 15.1. The van der Waals surface area contributed by atoms with Gasteiger partial charge in [-0.2, -0.15) is 0 Å². The molecule has 1 N–H and O–H groups in total. The van der Waals surface area contributed by atoms with Crippen LogP contribution in [0.1, 0.15) is 24.8 Å². The summed E-state index contributed by atoms with van der Waals surface area (Å²) in [7, 11) is 0. The van der Waals surface area contributed by atoms with Crippen LogP contribution in [0.4, 0.5) is 0 Å². The minimum Gasteiger partial charge on any atom is -0.478 e. The highest BCUT2D eigenvalue weighted by atomic mass is 35.5. The summed E-state index contributed by atoms with van der Waals surface area (Å²) in [4.78, 5) is 25.1. The molecule has 0 saturated heterocycles. The molecular formula is C16H14ClNO3. The number of carboxylic acids is 1. The first-order valence-corrected chi connectivity index (χ1v) is 6.76. The zero-order chi connectivity index (χ0) is 15.6. The van der Waals surface area contributed by atoms with E-state index in [1.807, 2.05) is 0 Å². The van der Waals surface area contributed by atoms with E-state index in [-0.39, 0.29) is 24.4 Å². The number of amides is 1. The average molecular weight is 304 g/mol. The van der Waals surface area contributed by atoms with Crippen LogP contribution in [-0.4, -0.2) is 28.4 Å². The minimum absolute atomic E-state index is 0.0782. The molecule has 1 atom stereocenters. The fraction of sp³-hybridized carbons (Fsp3) is 0.250. The van der Waals surface area contributed by atoms with Gasteiger partial charge in [0, 0.05) is 23.1 Å². The first-order valence-electron chi connectivity index (χ1n) is 6.39. The summed E-state index contributed by atoms with van der Waals surface area (Å²) in [6.07, 6.45) is 5.32. The number of carboxylic acid groups (broad SMARTS) is 1. The van der Waals surface area contributed by atoms with Crippen molar-refractivity contribution < 1.29 is 14.7 Å². The summed E-state index contributed by atoms with van der Waals surface area (Å²) in [5, 5.41) is 10.1. The standard InChI is InChI=1S/C16H14ClNO3/c1-3-8-18-10(2)15(16(20)21)13(9-14(18)19)11-4-6-12(17)7-5-11/h1,4-7,13H,8-9H2,2H3,(H,20,21). The Morgan fingerprint density at radius 1 is 1.48 bits per heavy atom. The Balaban J connectivity index is 2.51. The van der Waals surface area contributed by atoms with Gasteiger partial charge in [-0.1, -0.05) is 29.7 Å². The molecule has 1 aromatic carbocycles. The van der Waals surface area contributed by atoms with Crippen LogP contribution in [0.15, 0.2) is 35.5 Å². The number of carbonyl (C=O) groups excluding carboxylic acids is 1. The number of halogens is 1. The van der Waals surface area contributed by atoms with Crippen molar-refractivity contribution in [1.82, 2.24) is 4.90 Å². The molecule has 21 heavy (non-hydrogen) atoms. The van der Waals surface area contributed by atoms with Gasteiger partial charge in [-0.05, 0) is 24.6 Å². The van der Waals surface area contributed by atoms with E-state index in [2.05, 4.69) is 5.92 Å². The summed E-state index contributed by atoms with van der Waals surface area (Å²) in [6, 6.07) is 6.86. The minimum atomic E-state index is -1.04. The third kappa shape index (κ3) is 2.93. The maximum Gasteiger partial charge on any atom is 0.333 e. The van der Waals surface area contributed by atoms with Crippen LogP contribution < -0.4 is 0 Å². The third-order valence-electron chi connectivity index (χ3n) is 3.58. The van der Waals surface area contributed by atoms with Crippen molar-refractivity contribution in [3.63, 3.8) is 0 Å². The van der Waals surface area contributed by atoms with Crippen LogP contribution in [0.2, 0.25) is 5.02 Å². The lowest BCUT2D eigenvalue weighted by Crippen LogP contribution is -2.38. The van der Waals surface area contributed by atoms with Crippen molar-refractivity contribution >= 4 is 23.5 Å². The molecule has 108 valence electrons. The highest BCUT2D eigenvalue weighted by molar-refractivity contribution is 6.30. The number of benzene rings is 1. The van der Waals surface area contributed by atoms with E-state index in [4.69, 9.17) is 18.0 Å². The molecule has 1 amide bonds. The molecule has 0 saturated carbocycles. The Morgan fingerprint density at radius 3 is 2.62 bits per heavy atom. The van der Waals surface area contributed by atoms with E-state index in [0.717, 1.165) is 5.56 Å². The Labute approximate surface area is 128 Å². The lowest BCUT2D eigenvalue weighted by molar-refractivity contribution is -0.134. The SMILES string of the molecule is C#CCN1C(=O)CC(c2ccc(Cl)cc2)C(C(=O)O)=C1C. The normalized spacial score (nSPS) is 18.6. The van der Waals surface area contributed by atoms with Gasteiger partial charge in [-0.3, -0.25) is 4.79 Å². The molecule has 1 unspecified atom stereocenters. The van der Waals surface area contributed by atoms with E-state index in [1.165, 1.54) is 4.90 Å². The van der Waals surface area contributed by atoms with Crippen molar-refractivity contribution in [3.8, 4) is 12.3 Å². The Kier molecular flexibility index (Phi) is 4.35. The molecule has 2 rings (SSSR count). The highest BCUT2D eigenvalue weighted by Crippen LogP contribution is 2.36. The maximum atomic E-state index is 12.2. The number of hydrogen-bond donors (Lipinski definition) is 1. The molecule has 0 fully saturated rings. The summed E-state index contributed by atoms with van der Waals surface area (Å²) >= 11 is 5.85. The molecule has 0 radical (unpaired) electrons. The smallest absolute Gasteiger partial charge is 0.333 e. The molecule has 0 aliphatic carbocycles. The van der Waals surface area contributed by atoms with Crippen LogP contribution in [0.3, 0.4) is 0 Å². The maximum absolute atomic E-state index is 12.2. The molecule has 0 bridgehead atoms. The van der Waals surface area contributed by atoms with Crippen molar-refractivity contribution in [1.29, 1.82) is 0 Å². The second-order valence-corrected chi connectivity index (χ2v) is 5.23. The molecule has 0 aromatic heterocycles. The van der Waals surface area contributed by atoms with E-state index >= 15 is 0 Å². The van der Waals surface area contributed by atoms with Gasteiger partial charge < -0.3 is 10.0 Å². The van der Waals surface area contributed by atoms with E-state index in [0.29, 0.717) is 10.7 Å². The van der Waals surface area contributed by atoms with Gasteiger partial charge in [-0.15, -0.1) is 6.42 Å². The predicted octanol–water partition coefficient (Wildman–Crippen LogP) is 2.65. The van der Waals surface area contributed by atoms with Crippen LogP contribution >= 0.6 is 11.6 Å². The molecule has 1 heterocycles. The highest BCUT2D eigenvalue weighted by Gasteiger charge is 2.35. The largest absolute Gasteiger partial charge is 0.478 e. The Bertz CT molecular complexity index is 655. The van der Waals surface area contributed by atoms with E-state index in [9.17, 15) is 14.7 Å². The quantitative estimate of drug-likeness (QED) is 0.873. The second kappa shape index (κ2) is 6.02. The monoisotopic (exact) mass is 303 g/mol. The van der Waals surface area contributed by atoms with Crippen LogP contribution in [-0.2, 0) is 9.59 Å². The van der Waals surface area contributed by atoms with Crippen molar-refractivity contribution in [3.05, 3.63) is 46.1 Å².